The van der Waals surface area contributed by atoms with Crippen molar-refractivity contribution in [2.45, 2.75) is 196 Å². The second kappa shape index (κ2) is 30.8. The lowest BCUT2D eigenvalue weighted by Gasteiger charge is -2.25. The molecule has 2 heteroatoms. The molecule has 0 bridgehead atoms. The highest BCUT2D eigenvalue weighted by atomic mass is 16.7. The van der Waals surface area contributed by atoms with E-state index in [-0.39, 0.29) is 6.29 Å². The van der Waals surface area contributed by atoms with E-state index in [1.54, 1.807) is 38.9 Å². The minimum atomic E-state index is 0.0196. The molecule has 1 saturated heterocycles. The van der Waals surface area contributed by atoms with Crippen LogP contribution in [0.5, 0.6) is 0 Å². The van der Waals surface area contributed by atoms with Crippen LogP contribution in [0.2, 0.25) is 0 Å². The molecule has 0 saturated carbocycles. The molecule has 4 aliphatic rings. The smallest absolute Gasteiger partial charge is 0.154 e. The summed E-state index contributed by atoms with van der Waals surface area (Å²) in [7, 11) is 0. The second-order valence-electron chi connectivity index (χ2n) is 26.7. The van der Waals surface area contributed by atoms with Crippen molar-refractivity contribution in [1.82, 2.24) is 0 Å². The van der Waals surface area contributed by atoms with Crippen LogP contribution in [-0.4, -0.2) is 19.5 Å². The highest BCUT2D eigenvalue weighted by Gasteiger charge is 2.20. The van der Waals surface area contributed by atoms with Crippen LogP contribution in [0.15, 0.2) is 133 Å². The maximum atomic E-state index is 5.17. The zero-order valence-electron chi connectivity index (χ0n) is 56.2. The largest absolute Gasteiger partial charge is 0.353 e. The van der Waals surface area contributed by atoms with E-state index in [4.69, 9.17) is 9.47 Å². The number of fused-ring (bicyclic) bond motifs is 6. The van der Waals surface area contributed by atoms with E-state index in [0.29, 0.717) is 5.92 Å². The molecule has 2 nitrogen and oxygen atoms in total. The van der Waals surface area contributed by atoms with Gasteiger partial charge in [-0.25, -0.2) is 0 Å². The predicted octanol–water partition coefficient (Wildman–Crippen LogP) is 22.3. The van der Waals surface area contributed by atoms with E-state index in [0.717, 1.165) is 31.0 Å². The highest BCUT2D eigenvalue weighted by molar-refractivity contribution is 5.88. The van der Waals surface area contributed by atoms with Gasteiger partial charge in [-0.3, -0.25) is 0 Å². The molecule has 1 aliphatic heterocycles. The third kappa shape index (κ3) is 18.6. The quantitative estimate of drug-likeness (QED) is 0.151. The molecule has 1 heterocycles. The van der Waals surface area contributed by atoms with Gasteiger partial charge in [0.1, 0.15) is 0 Å². The van der Waals surface area contributed by atoms with Gasteiger partial charge in [0, 0.05) is 5.92 Å². The van der Waals surface area contributed by atoms with Crippen LogP contribution in [0.25, 0.3) is 32.3 Å². The first-order valence-electron chi connectivity index (χ1n) is 32.3. The zero-order chi connectivity index (χ0) is 61.6. The molecule has 1 fully saturated rings. The van der Waals surface area contributed by atoms with E-state index in [2.05, 4.69) is 258 Å². The van der Waals surface area contributed by atoms with Crippen LogP contribution < -0.4 is 0 Å². The summed E-state index contributed by atoms with van der Waals surface area (Å²) in [6.07, 6.45) is 11.9. The summed E-state index contributed by atoms with van der Waals surface area (Å²) in [6.45, 7) is 43.5. The first kappa shape index (κ1) is 66.2. The number of benzene rings is 9. The minimum Gasteiger partial charge on any atom is -0.353 e. The number of hydrogen-bond acceptors (Lipinski definition) is 2. The topological polar surface area (TPSA) is 18.5 Å². The van der Waals surface area contributed by atoms with E-state index in [9.17, 15) is 0 Å². The van der Waals surface area contributed by atoms with Gasteiger partial charge < -0.3 is 9.47 Å². The minimum absolute atomic E-state index is 0.0196. The van der Waals surface area contributed by atoms with Crippen molar-refractivity contribution in [3.8, 4) is 0 Å². The van der Waals surface area contributed by atoms with Gasteiger partial charge in [-0.05, 0) is 295 Å². The lowest BCUT2D eigenvalue weighted by molar-refractivity contribution is -0.187. The van der Waals surface area contributed by atoms with Crippen LogP contribution in [-0.2, 0) is 48.0 Å². The molecule has 3 aliphatic carbocycles. The SMILES string of the molecule is CC1COC(C)OC1.Cc1cc2c(c(C)c1C)CC[C@H](C)C2.Cc1ccc2c(C)c(C)ccc2c1.Cc1ccc2c(C)c(C)ccc2c1.Cc1ccc2c(c1)CC[C@H](C)C2.Cc1ccc2c(c1C)CC[C@H](C)C2.Cc1ccc2cc(C)ccc2c1. The number of ether oxygens (including phenoxy) is 2. The lowest BCUT2D eigenvalue weighted by atomic mass is 9.80. The first-order chi connectivity index (χ1) is 40.4. The summed E-state index contributed by atoms with van der Waals surface area (Å²) >= 11 is 0. The van der Waals surface area contributed by atoms with E-state index < -0.39 is 0 Å². The Morgan fingerprint density at radius 2 is 0.659 bits per heavy atom. The van der Waals surface area contributed by atoms with E-state index in [1.807, 2.05) is 6.92 Å². The number of hydrogen-bond donors (Lipinski definition) is 0. The molecule has 0 aromatic heterocycles. The summed E-state index contributed by atoms with van der Waals surface area (Å²) in [4.78, 5) is 0. The highest BCUT2D eigenvalue weighted by Crippen LogP contribution is 2.32. The predicted molar refractivity (Wildman–Crippen MR) is 372 cm³/mol. The molecule has 9 aromatic carbocycles. The monoisotopic (exact) mass is 1130 g/mol. The Labute approximate surface area is 516 Å². The molecule has 450 valence electrons. The lowest BCUT2D eigenvalue weighted by Crippen LogP contribution is -2.27. The van der Waals surface area contributed by atoms with Crippen molar-refractivity contribution < 1.29 is 9.47 Å². The molecule has 0 N–H and O–H groups in total. The fraction of sp³-hybridized carbons (Fsp3) is 0.422. The molecular weight excluding hydrogens is 1030 g/mol. The van der Waals surface area contributed by atoms with Crippen LogP contribution in [0.4, 0.5) is 0 Å². The van der Waals surface area contributed by atoms with Gasteiger partial charge in [0.2, 0.25) is 0 Å². The average Bonchev–Trinajstić information content (AvgIpc) is 3.59. The molecule has 3 atom stereocenters. The van der Waals surface area contributed by atoms with Crippen molar-refractivity contribution in [2.75, 3.05) is 13.2 Å². The van der Waals surface area contributed by atoms with Crippen molar-refractivity contribution in [3.63, 3.8) is 0 Å². The number of rotatable bonds is 0. The molecule has 0 spiro atoms. The Balaban J connectivity index is 0.000000143. The summed E-state index contributed by atoms with van der Waals surface area (Å²) < 4.78 is 10.3. The zero-order valence-corrected chi connectivity index (χ0v) is 56.2. The van der Waals surface area contributed by atoms with Crippen molar-refractivity contribution in [1.29, 1.82) is 0 Å². The third-order valence-corrected chi connectivity index (χ3v) is 18.9. The van der Waals surface area contributed by atoms with Gasteiger partial charge in [-0.15, -0.1) is 0 Å². The molecular formula is C83H106O2. The third-order valence-electron chi connectivity index (χ3n) is 18.9. The Kier molecular flexibility index (Phi) is 24.0. The summed E-state index contributed by atoms with van der Waals surface area (Å²) in [5.41, 5.74) is 29.4. The van der Waals surface area contributed by atoms with Crippen LogP contribution in [0.3, 0.4) is 0 Å². The first-order valence-corrected chi connectivity index (χ1v) is 32.3. The van der Waals surface area contributed by atoms with E-state index >= 15 is 0 Å². The Morgan fingerprint density at radius 1 is 0.282 bits per heavy atom. The van der Waals surface area contributed by atoms with Crippen LogP contribution in [0.1, 0.15) is 165 Å². The molecule has 0 radical (unpaired) electrons. The fourth-order valence-corrected chi connectivity index (χ4v) is 12.6. The second-order valence-corrected chi connectivity index (χ2v) is 26.7. The van der Waals surface area contributed by atoms with E-state index in [1.165, 1.54) is 162 Å². The van der Waals surface area contributed by atoms with Crippen LogP contribution in [0, 0.1) is 121 Å². The van der Waals surface area contributed by atoms with Crippen molar-refractivity contribution in [2.24, 2.45) is 23.7 Å². The van der Waals surface area contributed by atoms with Crippen LogP contribution >= 0.6 is 0 Å². The summed E-state index contributed by atoms with van der Waals surface area (Å²) in [5, 5.41) is 8.13. The maximum Gasteiger partial charge on any atom is 0.154 e. The standard InChI is InChI=1S/C14H20.C13H18.2C13H14.C12H16.C12H12.C6H12O2/c1-9-5-6-14-12(4)11(3)10(2)8-13(14)7-9;3*1-9-4-7-13-11(3)10(2)5-6-12(13)8-9;2*1-9-3-5-12-8-10(2)4-6-11(12)7-9;1-5-3-7-6(2)8-4-5/h8-9H,5-7H2,1-4H3;5-6,9H,4,7-8H2,1-3H3;2*4-8H,1-3H3;3,5,7,10H,4,6,8H2,1-2H3;3-8H,1-2H3;5-6H,3-4H2,1-2H3/t2*9-;;;10-;;/m00..0../s1. The normalized spacial score (nSPS) is 18.3. The van der Waals surface area contributed by atoms with Gasteiger partial charge in [-0.1, -0.05) is 189 Å². The molecule has 85 heavy (non-hydrogen) atoms. The average molecular weight is 1140 g/mol. The van der Waals surface area contributed by atoms with Crippen molar-refractivity contribution in [3.05, 3.63) is 245 Å². The van der Waals surface area contributed by atoms with Gasteiger partial charge in [-0.2, -0.15) is 0 Å². The molecule has 13 rings (SSSR count). The molecule has 9 aromatic rings. The summed E-state index contributed by atoms with van der Waals surface area (Å²) in [5.74, 6) is 3.23. The maximum absolute atomic E-state index is 5.17. The Morgan fingerprint density at radius 3 is 1.16 bits per heavy atom. The fourth-order valence-electron chi connectivity index (χ4n) is 12.6. The molecule has 0 amide bonds. The van der Waals surface area contributed by atoms with Gasteiger partial charge in [0.25, 0.3) is 0 Å². The number of aryl methyl sites for hydroxylation is 12. The Hall–Kier alpha value is -6.32. The van der Waals surface area contributed by atoms with Crippen molar-refractivity contribution >= 4 is 32.3 Å². The molecule has 0 unspecified atom stereocenters. The summed E-state index contributed by atoms with van der Waals surface area (Å²) in [6, 6.07) is 49.0. The van der Waals surface area contributed by atoms with Gasteiger partial charge in [0.05, 0.1) is 13.2 Å². The Bertz CT molecular complexity index is 3530. The van der Waals surface area contributed by atoms with Gasteiger partial charge >= 0.3 is 0 Å². The van der Waals surface area contributed by atoms with Gasteiger partial charge in [0.15, 0.2) is 6.29 Å².